The second-order valence-electron chi connectivity index (χ2n) is 7.45. The van der Waals surface area contributed by atoms with E-state index >= 15 is 0 Å². The van der Waals surface area contributed by atoms with Crippen molar-refractivity contribution >= 4 is 17.2 Å². The molecule has 3 aromatic rings. The highest BCUT2D eigenvalue weighted by Crippen LogP contribution is 2.39. The van der Waals surface area contributed by atoms with Crippen molar-refractivity contribution in [1.29, 1.82) is 0 Å². The number of nitrogens with zero attached hydrogens (tertiary/aromatic N) is 5. The number of likely N-dealkylation sites (N-methyl/N-ethyl adjacent to an activating group) is 1. The molecule has 1 saturated heterocycles. The highest BCUT2D eigenvalue weighted by molar-refractivity contribution is 7.08. The van der Waals surface area contributed by atoms with Crippen LogP contribution in [0.15, 0.2) is 39.6 Å². The third kappa shape index (κ3) is 2.71. The predicted molar refractivity (Wildman–Crippen MR) is 101 cm³/mol. The molecule has 27 heavy (non-hydrogen) atoms. The number of carbonyl (C=O) groups is 1. The maximum absolute atomic E-state index is 12.7. The Labute approximate surface area is 161 Å². The lowest BCUT2D eigenvalue weighted by molar-refractivity contribution is 0.0408. The molecule has 0 bridgehead atoms. The first-order chi connectivity index (χ1) is 13.2. The van der Waals surface area contributed by atoms with Gasteiger partial charge >= 0.3 is 0 Å². The molecule has 0 saturated carbocycles. The lowest BCUT2D eigenvalue weighted by Gasteiger charge is -2.48. The normalized spacial score (nSPS) is 19.4. The van der Waals surface area contributed by atoms with Gasteiger partial charge in [-0.2, -0.15) is 11.3 Å². The number of piperidine rings is 1. The van der Waals surface area contributed by atoms with Crippen LogP contribution in [0.5, 0.6) is 0 Å². The number of hydrogen-bond donors (Lipinski definition) is 0. The van der Waals surface area contributed by atoms with Crippen LogP contribution in [0.3, 0.4) is 0 Å². The first-order valence-electron chi connectivity index (χ1n) is 9.15. The van der Waals surface area contributed by atoms with Gasteiger partial charge in [-0.05, 0) is 43.5 Å². The molecule has 3 aromatic heterocycles. The number of carbonyl (C=O) groups excluding carboxylic acids is 1. The van der Waals surface area contributed by atoms with Gasteiger partial charge in [-0.3, -0.25) is 14.3 Å². The average molecular weight is 383 g/mol. The number of aromatic nitrogens is 3. The van der Waals surface area contributed by atoms with E-state index in [2.05, 4.69) is 26.7 Å². The summed E-state index contributed by atoms with van der Waals surface area (Å²) in [4.78, 5) is 17.0. The second kappa shape index (κ2) is 6.31. The summed E-state index contributed by atoms with van der Waals surface area (Å²) >= 11 is 1.56. The Hall–Kier alpha value is -2.45. The molecule has 0 unspecified atom stereocenters. The van der Waals surface area contributed by atoms with E-state index in [-0.39, 0.29) is 11.4 Å². The summed E-state index contributed by atoms with van der Waals surface area (Å²) in [6, 6.07) is 5.71. The van der Waals surface area contributed by atoms with Crippen LogP contribution in [0.1, 0.15) is 29.0 Å². The Balaban J connectivity index is 1.46. The van der Waals surface area contributed by atoms with E-state index in [1.807, 2.05) is 33.9 Å². The monoisotopic (exact) mass is 383 g/mol. The van der Waals surface area contributed by atoms with Gasteiger partial charge in [-0.25, -0.2) is 0 Å². The maximum Gasteiger partial charge on any atom is 0.254 e. The van der Waals surface area contributed by atoms with Crippen molar-refractivity contribution in [3.05, 3.63) is 46.6 Å². The van der Waals surface area contributed by atoms with Crippen molar-refractivity contribution in [2.24, 2.45) is 0 Å². The summed E-state index contributed by atoms with van der Waals surface area (Å²) in [6.45, 7) is 3.16. The van der Waals surface area contributed by atoms with E-state index in [4.69, 9.17) is 4.42 Å². The van der Waals surface area contributed by atoms with Gasteiger partial charge in [-0.15, -0.1) is 10.2 Å². The standard InChI is InChI=1S/C19H21N5O2S/c1-22-11-16-20-21-17(15-3-2-9-26-15)24(16)19(13-22)5-7-23(8-6-19)18(25)14-4-10-27-12-14/h2-4,9-10,12H,5-8,11,13H2,1H3. The molecule has 2 aliphatic rings. The van der Waals surface area contributed by atoms with E-state index in [0.29, 0.717) is 0 Å². The number of furan rings is 1. The van der Waals surface area contributed by atoms with Crippen LogP contribution in [-0.4, -0.2) is 57.2 Å². The summed E-state index contributed by atoms with van der Waals surface area (Å²) in [7, 11) is 2.12. The van der Waals surface area contributed by atoms with Crippen LogP contribution < -0.4 is 0 Å². The zero-order valence-electron chi connectivity index (χ0n) is 15.2. The van der Waals surface area contributed by atoms with Gasteiger partial charge in [0.25, 0.3) is 5.91 Å². The summed E-state index contributed by atoms with van der Waals surface area (Å²) in [6.07, 6.45) is 3.43. The van der Waals surface area contributed by atoms with Crippen molar-refractivity contribution in [1.82, 2.24) is 24.6 Å². The summed E-state index contributed by atoms with van der Waals surface area (Å²) in [5.74, 6) is 2.63. The van der Waals surface area contributed by atoms with Crippen LogP contribution in [0.25, 0.3) is 11.6 Å². The molecule has 0 aliphatic carbocycles. The molecule has 140 valence electrons. The van der Waals surface area contributed by atoms with E-state index in [9.17, 15) is 4.79 Å². The lowest BCUT2D eigenvalue weighted by Crippen LogP contribution is -2.56. The minimum atomic E-state index is -0.112. The fourth-order valence-corrected chi connectivity index (χ4v) is 5.06. The molecule has 8 heteroatoms. The minimum Gasteiger partial charge on any atom is -0.461 e. The third-order valence-electron chi connectivity index (χ3n) is 5.67. The zero-order chi connectivity index (χ0) is 18.4. The highest BCUT2D eigenvalue weighted by Gasteiger charge is 2.44. The molecule has 0 N–H and O–H groups in total. The van der Waals surface area contributed by atoms with Gasteiger partial charge in [0.2, 0.25) is 0 Å². The number of hydrogen-bond acceptors (Lipinski definition) is 6. The van der Waals surface area contributed by atoms with Gasteiger partial charge in [0.1, 0.15) is 5.82 Å². The van der Waals surface area contributed by atoms with E-state index in [0.717, 1.165) is 62.0 Å². The first kappa shape index (κ1) is 16.7. The Bertz CT molecular complexity index is 939. The largest absolute Gasteiger partial charge is 0.461 e. The zero-order valence-corrected chi connectivity index (χ0v) is 16.0. The Morgan fingerprint density at radius 3 is 2.81 bits per heavy atom. The molecule has 1 spiro atoms. The van der Waals surface area contributed by atoms with E-state index in [1.165, 1.54) is 0 Å². The van der Waals surface area contributed by atoms with E-state index in [1.54, 1.807) is 17.6 Å². The molecule has 5 heterocycles. The molecule has 0 aromatic carbocycles. The van der Waals surface area contributed by atoms with Crippen LogP contribution in [-0.2, 0) is 12.1 Å². The Morgan fingerprint density at radius 2 is 2.11 bits per heavy atom. The smallest absolute Gasteiger partial charge is 0.254 e. The van der Waals surface area contributed by atoms with Crippen LogP contribution in [0, 0.1) is 0 Å². The van der Waals surface area contributed by atoms with Gasteiger partial charge < -0.3 is 9.32 Å². The van der Waals surface area contributed by atoms with Crippen molar-refractivity contribution in [2.45, 2.75) is 24.9 Å². The van der Waals surface area contributed by atoms with Crippen molar-refractivity contribution < 1.29 is 9.21 Å². The number of rotatable bonds is 2. The fraction of sp³-hybridized carbons (Fsp3) is 0.421. The summed E-state index contributed by atoms with van der Waals surface area (Å²) in [5.41, 5.74) is 0.678. The lowest BCUT2D eigenvalue weighted by atomic mass is 9.84. The summed E-state index contributed by atoms with van der Waals surface area (Å²) < 4.78 is 7.89. The van der Waals surface area contributed by atoms with Gasteiger partial charge in [0.15, 0.2) is 11.6 Å². The second-order valence-corrected chi connectivity index (χ2v) is 8.23. The maximum atomic E-state index is 12.7. The Kier molecular flexibility index (Phi) is 3.91. The molecule has 2 aliphatic heterocycles. The predicted octanol–water partition coefficient (Wildman–Crippen LogP) is 2.68. The Morgan fingerprint density at radius 1 is 1.26 bits per heavy atom. The topological polar surface area (TPSA) is 67.4 Å². The summed E-state index contributed by atoms with van der Waals surface area (Å²) in [5, 5.41) is 12.7. The first-order valence-corrected chi connectivity index (χ1v) is 10.1. The molecule has 5 rings (SSSR count). The van der Waals surface area contributed by atoms with Crippen molar-refractivity contribution in [2.75, 3.05) is 26.7 Å². The molecular weight excluding hydrogens is 362 g/mol. The minimum absolute atomic E-state index is 0.112. The molecular formula is C19H21N5O2S. The number of likely N-dealkylation sites (tertiary alicyclic amines) is 1. The third-order valence-corrected chi connectivity index (χ3v) is 6.35. The number of thiophene rings is 1. The SMILES string of the molecule is CN1Cc2nnc(-c3ccco3)n2C2(CCN(C(=O)c3ccsc3)CC2)C1. The van der Waals surface area contributed by atoms with Crippen molar-refractivity contribution in [3.63, 3.8) is 0 Å². The quantitative estimate of drug-likeness (QED) is 0.681. The van der Waals surface area contributed by atoms with Crippen molar-refractivity contribution in [3.8, 4) is 11.6 Å². The van der Waals surface area contributed by atoms with Gasteiger partial charge in [-0.1, -0.05) is 0 Å². The highest BCUT2D eigenvalue weighted by atomic mass is 32.1. The van der Waals surface area contributed by atoms with Crippen LogP contribution in [0.2, 0.25) is 0 Å². The molecule has 7 nitrogen and oxygen atoms in total. The molecule has 0 atom stereocenters. The molecule has 1 fully saturated rings. The number of fused-ring (bicyclic) bond motifs is 2. The van der Waals surface area contributed by atoms with E-state index < -0.39 is 0 Å². The number of amides is 1. The van der Waals surface area contributed by atoms with Gasteiger partial charge in [0.05, 0.1) is 23.9 Å². The average Bonchev–Trinajstić information content (AvgIpc) is 3.42. The molecule has 1 amide bonds. The van der Waals surface area contributed by atoms with Crippen LogP contribution >= 0.6 is 11.3 Å². The fourth-order valence-electron chi connectivity index (χ4n) is 4.43. The molecule has 0 radical (unpaired) electrons. The van der Waals surface area contributed by atoms with Gasteiger partial charge in [0, 0.05) is 25.0 Å². The van der Waals surface area contributed by atoms with Crippen LogP contribution in [0.4, 0.5) is 0 Å².